The minimum absolute atomic E-state index is 1.14. The van der Waals surface area contributed by atoms with Crippen molar-refractivity contribution in [3.8, 4) is 0 Å². The first-order valence-electron chi connectivity index (χ1n) is 8.76. The molecule has 4 aliphatic rings. The Morgan fingerprint density at radius 1 is 0.960 bits per heavy atom. The molecule has 1 aromatic heterocycles. The molecule has 0 saturated heterocycles. The third-order valence-corrected chi connectivity index (χ3v) is 13.1. The number of hydrogen-bond donors (Lipinski definition) is 0. The van der Waals surface area contributed by atoms with Gasteiger partial charge in [0.1, 0.15) is 9.75 Å². The van der Waals surface area contributed by atoms with E-state index in [1.54, 1.807) is 33.6 Å². The summed E-state index contributed by atoms with van der Waals surface area (Å²) >= 11 is 12.3. The smallest absolute Gasteiger partial charge is 0.116 e. The molecule has 2 aliphatic carbocycles. The summed E-state index contributed by atoms with van der Waals surface area (Å²) in [4.78, 5) is 3.34. The van der Waals surface area contributed by atoms with Gasteiger partial charge in [0, 0.05) is 29.9 Å². The first kappa shape index (κ1) is 17.5. The zero-order valence-corrected chi connectivity index (χ0v) is 18.7. The highest BCUT2D eigenvalue weighted by molar-refractivity contribution is 8.41. The van der Waals surface area contributed by atoms with Crippen molar-refractivity contribution >= 4 is 75.3 Å². The number of rotatable bonds is 2. The van der Waals surface area contributed by atoms with Gasteiger partial charge in [0.25, 0.3) is 4.19 Å². The van der Waals surface area contributed by atoms with Crippen LogP contribution in [0.1, 0.15) is 39.6 Å². The molecule has 0 amide bonds. The number of hydrogen-bond acceptors (Lipinski definition) is 5. The summed E-state index contributed by atoms with van der Waals surface area (Å²) in [5.74, 6) is 2.53. The number of fused-ring (bicyclic) bond motifs is 1. The van der Waals surface area contributed by atoms with Gasteiger partial charge in [-0.25, -0.2) is 0 Å². The Hall–Kier alpha value is 0.410. The summed E-state index contributed by atoms with van der Waals surface area (Å²) in [7, 11) is 0. The highest BCUT2D eigenvalue weighted by atomic mass is 32.3. The highest BCUT2D eigenvalue weighted by Gasteiger charge is 2.30. The van der Waals surface area contributed by atoms with E-state index in [0.29, 0.717) is 0 Å². The van der Waals surface area contributed by atoms with Gasteiger partial charge in [-0.1, -0.05) is 35.7 Å². The second-order valence-corrected chi connectivity index (χ2v) is 13.9. The van der Waals surface area contributed by atoms with Gasteiger partial charge in [0.2, 0.25) is 0 Å². The summed E-state index contributed by atoms with van der Waals surface area (Å²) < 4.78 is 6.15. The van der Waals surface area contributed by atoms with E-state index in [0.717, 1.165) is 12.8 Å². The molecule has 0 bridgehead atoms. The molecule has 0 saturated carbocycles. The molecule has 0 spiro atoms. The quantitative estimate of drug-likeness (QED) is 0.338. The van der Waals surface area contributed by atoms with Gasteiger partial charge in [-0.3, -0.25) is 0 Å². The topological polar surface area (TPSA) is 0 Å². The van der Waals surface area contributed by atoms with E-state index in [2.05, 4.69) is 64.4 Å². The lowest BCUT2D eigenvalue weighted by atomic mass is 10.1. The molecule has 6 heteroatoms. The Labute approximate surface area is 174 Å². The number of allylic oxidation sites excluding steroid dienone is 5. The summed E-state index contributed by atoms with van der Waals surface area (Å²) in [6.45, 7) is 0. The molecule has 3 heterocycles. The first-order valence-corrected chi connectivity index (χ1v) is 14.0. The largest absolute Gasteiger partial charge is 0.285 e. The predicted molar refractivity (Wildman–Crippen MR) is 124 cm³/mol. The molecule has 5 rings (SSSR count). The van der Waals surface area contributed by atoms with Crippen molar-refractivity contribution in [3.05, 3.63) is 50.5 Å². The molecule has 0 atom stereocenters. The molecular formula is C19H19S6+. The second kappa shape index (κ2) is 7.80. The van der Waals surface area contributed by atoms with Crippen molar-refractivity contribution in [1.82, 2.24) is 0 Å². The maximum Gasteiger partial charge on any atom is 0.285 e. The van der Waals surface area contributed by atoms with Gasteiger partial charge < -0.3 is 0 Å². The fourth-order valence-electron chi connectivity index (χ4n) is 3.39. The van der Waals surface area contributed by atoms with Crippen molar-refractivity contribution in [1.29, 1.82) is 0 Å². The minimum atomic E-state index is 1.14. The maximum atomic E-state index is 2.52. The van der Waals surface area contributed by atoms with Gasteiger partial charge in [0.15, 0.2) is 0 Å². The Morgan fingerprint density at radius 3 is 2.40 bits per heavy atom. The second-order valence-electron chi connectivity index (χ2n) is 6.38. The van der Waals surface area contributed by atoms with Crippen molar-refractivity contribution in [2.75, 3.05) is 11.5 Å². The van der Waals surface area contributed by atoms with E-state index in [-0.39, 0.29) is 0 Å². The summed E-state index contributed by atoms with van der Waals surface area (Å²) in [6.07, 6.45) is 14.9. The van der Waals surface area contributed by atoms with Gasteiger partial charge in [-0.05, 0) is 37.3 Å². The molecule has 130 valence electrons. The van der Waals surface area contributed by atoms with Crippen LogP contribution in [-0.4, -0.2) is 11.5 Å². The van der Waals surface area contributed by atoms with E-state index >= 15 is 0 Å². The molecule has 0 unspecified atom stereocenters. The normalized spacial score (nSPS) is 22.4. The van der Waals surface area contributed by atoms with Crippen LogP contribution in [0.25, 0.3) is 5.57 Å². The maximum absolute atomic E-state index is 2.52. The van der Waals surface area contributed by atoms with E-state index in [1.807, 2.05) is 23.5 Å². The fraction of sp³-hybridized carbons (Fsp3) is 0.421. The third kappa shape index (κ3) is 3.72. The number of aryl methyl sites for hydroxylation is 2. The van der Waals surface area contributed by atoms with Crippen LogP contribution in [0.3, 0.4) is 0 Å². The Morgan fingerprint density at radius 2 is 1.68 bits per heavy atom. The fourth-order valence-corrected chi connectivity index (χ4v) is 12.3. The SMILES string of the molecule is C1=CCC(=C(C=C2SC3=C(SCCS3)S2)c2sc3c([s+]2)CCCC3)C1. The molecule has 2 aliphatic heterocycles. The molecule has 25 heavy (non-hydrogen) atoms. The van der Waals surface area contributed by atoms with Crippen LogP contribution in [-0.2, 0) is 12.8 Å². The van der Waals surface area contributed by atoms with Crippen LogP contribution in [0.15, 0.2) is 36.5 Å². The summed E-state index contributed by atoms with van der Waals surface area (Å²) in [5, 5.41) is 0. The van der Waals surface area contributed by atoms with Crippen LogP contribution in [0.4, 0.5) is 0 Å². The van der Waals surface area contributed by atoms with E-state index in [9.17, 15) is 0 Å². The van der Waals surface area contributed by atoms with Crippen LogP contribution < -0.4 is 0 Å². The molecule has 0 N–H and O–H groups in total. The predicted octanol–water partition coefficient (Wildman–Crippen LogP) is 8.00. The zero-order chi connectivity index (χ0) is 16.6. The van der Waals surface area contributed by atoms with Gasteiger partial charge in [-0.2, -0.15) is 0 Å². The summed E-state index contributed by atoms with van der Waals surface area (Å²) in [6, 6.07) is 0. The minimum Gasteiger partial charge on any atom is -0.116 e. The van der Waals surface area contributed by atoms with Crippen LogP contribution in [0, 0.1) is 0 Å². The average Bonchev–Trinajstić information content (AvgIpc) is 3.37. The molecule has 0 nitrogen and oxygen atoms in total. The van der Waals surface area contributed by atoms with Crippen molar-refractivity contribution in [2.24, 2.45) is 0 Å². The van der Waals surface area contributed by atoms with Crippen LogP contribution in [0.5, 0.6) is 0 Å². The molecule has 1 aromatic rings. The Bertz CT molecular complexity index is 769. The molecule has 0 radical (unpaired) electrons. The van der Waals surface area contributed by atoms with E-state index < -0.39 is 0 Å². The van der Waals surface area contributed by atoms with Gasteiger partial charge in [-0.15, -0.1) is 23.5 Å². The zero-order valence-electron chi connectivity index (χ0n) is 13.8. The molecular weight excluding hydrogens is 421 g/mol. The lowest BCUT2D eigenvalue weighted by Gasteiger charge is -2.08. The van der Waals surface area contributed by atoms with Crippen LogP contribution >= 0.6 is 69.7 Å². The summed E-state index contributed by atoms with van der Waals surface area (Å²) in [5.41, 5.74) is 3.16. The van der Waals surface area contributed by atoms with Crippen molar-refractivity contribution < 1.29 is 0 Å². The van der Waals surface area contributed by atoms with Crippen molar-refractivity contribution in [2.45, 2.75) is 38.5 Å². The van der Waals surface area contributed by atoms with E-state index in [4.69, 9.17) is 0 Å². The molecule has 0 fully saturated rings. The third-order valence-electron chi connectivity index (χ3n) is 4.66. The van der Waals surface area contributed by atoms with E-state index in [1.165, 1.54) is 41.4 Å². The first-order chi connectivity index (χ1) is 12.4. The lowest BCUT2D eigenvalue weighted by Crippen LogP contribution is -1.95. The standard InChI is InChI=1S/C19H19S6/c1-2-6-12(5-1)13(17-22-14-7-3-4-8-15(14)23-17)11-16-24-18-19(25-16)21-10-9-20-18/h1-2,11H,3-10H2/q+1. The number of thioether (sulfide) groups is 4. The average molecular weight is 440 g/mol. The lowest BCUT2D eigenvalue weighted by molar-refractivity contribution is 0.705. The highest BCUT2D eigenvalue weighted by Crippen LogP contribution is 2.60. The Balaban J connectivity index is 1.49. The van der Waals surface area contributed by atoms with Gasteiger partial charge in [0.05, 0.1) is 35.4 Å². The molecule has 0 aromatic carbocycles. The monoisotopic (exact) mass is 439 g/mol. The van der Waals surface area contributed by atoms with Crippen molar-refractivity contribution in [3.63, 3.8) is 0 Å². The Kier molecular flexibility index (Phi) is 5.46. The van der Waals surface area contributed by atoms with Crippen LogP contribution in [0.2, 0.25) is 0 Å². The van der Waals surface area contributed by atoms with Gasteiger partial charge >= 0.3 is 0 Å².